The van der Waals surface area contributed by atoms with E-state index in [0.717, 1.165) is 10.4 Å². The van der Waals surface area contributed by atoms with Crippen LogP contribution in [0.25, 0.3) is 0 Å². The molecule has 1 atom stereocenters. The second-order valence-electron chi connectivity index (χ2n) is 4.56. The second kappa shape index (κ2) is 4.99. The van der Waals surface area contributed by atoms with E-state index in [2.05, 4.69) is 4.98 Å². The average Bonchev–Trinajstić information content (AvgIpc) is 3.04. The van der Waals surface area contributed by atoms with Gasteiger partial charge >= 0.3 is 5.97 Å². The molecule has 1 N–H and O–H groups in total. The molecule has 0 spiro atoms. The molecule has 0 bridgehead atoms. The van der Waals surface area contributed by atoms with Gasteiger partial charge in [0.05, 0.1) is 11.2 Å². The zero-order chi connectivity index (χ0) is 14.3. The third-order valence-electron chi connectivity index (χ3n) is 3.40. The monoisotopic (exact) mass is 308 g/mol. The van der Waals surface area contributed by atoms with E-state index >= 15 is 0 Å². The van der Waals surface area contributed by atoms with Gasteiger partial charge < -0.3 is 10.0 Å². The molecule has 3 heterocycles. The number of carbonyl (C=O) groups is 2. The van der Waals surface area contributed by atoms with Crippen LogP contribution in [-0.2, 0) is 11.2 Å². The van der Waals surface area contributed by atoms with Crippen LogP contribution in [0.4, 0.5) is 0 Å². The summed E-state index contributed by atoms with van der Waals surface area (Å²) in [5, 5.41) is 11.4. The number of hydrogen-bond donors (Lipinski definition) is 1. The van der Waals surface area contributed by atoms with E-state index in [-0.39, 0.29) is 5.91 Å². The summed E-state index contributed by atoms with van der Waals surface area (Å²) in [6.45, 7) is 2.19. The maximum absolute atomic E-state index is 12.6. The van der Waals surface area contributed by atoms with Gasteiger partial charge in [0, 0.05) is 11.4 Å². The summed E-state index contributed by atoms with van der Waals surface area (Å²) in [6, 6.07) is 0.914. The molecule has 2 aromatic heterocycles. The number of aliphatic carboxylic acids is 1. The quantitative estimate of drug-likeness (QED) is 0.924. The fourth-order valence-electron chi connectivity index (χ4n) is 2.44. The predicted octanol–water partition coefficient (Wildman–Crippen LogP) is 2.34. The van der Waals surface area contributed by atoms with Crippen LogP contribution in [-0.4, -0.2) is 33.4 Å². The van der Waals surface area contributed by atoms with Crippen LogP contribution in [0.2, 0.25) is 0 Å². The minimum absolute atomic E-state index is 0.241. The minimum Gasteiger partial charge on any atom is -0.479 e. The van der Waals surface area contributed by atoms with Crippen LogP contribution < -0.4 is 0 Å². The van der Waals surface area contributed by atoms with Crippen molar-refractivity contribution in [2.24, 2.45) is 0 Å². The molecule has 0 radical (unpaired) electrons. The van der Waals surface area contributed by atoms with Gasteiger partial charge in [-0.1, -0.05) is 0 Å². The second-order valence-corrected chi connectivity index (χ2v) is 6.41. The molecule has 0 saturated carbocycles. The van der Waals surface area contributed by atoms with Crippen molar-refractivity contribution in [1.29, 1.82) is 0 Å². The molecule has 0 saturated heterocycles. The number of thiophene rings is 1. The summed E-state index contributed by atoms with van der Waals surface area (Å²) >= 11 is 2.81. The van der Waals surface area contributed by atoms with Gasteiger partial charge in [-0.3, -0.25) is 4.79 Å². The zero-order valence-electron chi connectivity index (χ0n) is 10.7. The van der Waals surface area contributed by atoms with Gasteiger partial charge in [-0.25, -0.2) is 9.78 Å². The van der Waals surface area contributed by atoms with E-state index in [9.17, 15) is 14.7 Å². The summed E-state index contributed by atoms with van der Waals surface area (Å²) in [7, 11) is 0. The molecular formula is C13H12N2O3S2. The molecule has 1 amide bonds. The van der Waals surface area contributed by atoms with Gasteiger partial charge in [0.2, 0.25) is 0 Å². The van der Waals surface area contributed by atoms with Gasteiger partial charge in [0.15, 0.2) is 6.04 Å². The SMILES string of the molecule is Cc1ncsc1C(=O)N1CCc2sccc2C1C(=O)O. The number of aryl methyl sites for hydroxylation is 1. The number of carboxylic acid groups (broad SMARTS) is 1. The molecule has 0 aromatic carbocycles. The molecule has 20 heavy (non-hydrogen) atoms. The topological polar surface area (TPSA) is 70.5 Å². The Bertz CT molecular complexity index is 677. The van der Waals surface area contributed by atoms with E-state index in [0.29, 0.717) is 23.5 Å². The highest BCUT2D eigenvalue weighted by Crippen LogP contribution is 2.35. The number of nitrogens with zero attached hydrogens (tertiary/aromatic N) is 2. The Labute approximate surface area is 123 Å². The average molecular weight is 308 g/mol. The number of amides is 1. The summed E-state index contributed by atoms with van der Waals surface area (Å²) < 4.78 is 0. The molecule has 0 aliphatic carbocycles. The number of carboxylic acids is 1. The lowest BCUT2D eigenvalue weighted by molar-refractivity contribution is -0.142. The van der Waals surface area contributed by atoms with Crippen molar-refractivity contribution in [3.63, 3.8) is 0 Å². The van der Waals surface area contributed by atoms with Gasteiger partial charge in [0.25, 0.3) is 5.91 Å². The van der Waals surface area contributed by atoms with Gasteiger partial charge in [0.1, 0.15) is 4.88 Å². The van der Waals surface area contributed by atoms with Crippen LogP contribution in [0.1, 0.15) is 31.8 Å². The number of carbonyl (C=O) groups excluding carboxylic acids is 1. The first kappa shape index (κ1) is 13.3. The molecule has 1 unspecified atom stereocenters. The predicted molar refractivity (Wildman–Crippen MR) is 76.3 cm³/mol. The number of hydrogen-bond acceptors (Lipinski definition) is 5. The van der Waals surface area contributed by atoms with Crippen LogP contribution in [0.3, 0.4) is 0 Å². The summed E-state index contributed by atoms with van der Waals surface area (Å²) in [6.07, 6.45) is 0.709. The van der Waals surface area contributed by atoms with E-state index < -0.39 is 12.0 Å². The third-order valence-corrected chi connectivity index (χ3v) is 5.31. The highest BCUT2D eigenvalue weighted by atomic mass is 32.1. The lowest BCUT2D eigenvalue weighted by Gasteiger charge is -2.32. The van der Waals surface area contributed by atoms with Crippen molar-refractivity contribution in [3.8, 4) is 0 Å². The number of rotatable bonds is 2. The Kier molecular flexibility index (Phi) is 3.31. The van der Waals surface area contributed by atoms with Gasteiger partial charge in [-0.2, -0.15) is 0 Å². The van der Waals surface area contributed by atoms with Crippen molar-refractivity contribution in [3.05, 3.63) is 38.0 Å². The lowest BCUT2D eigenvalue weighted by atomic mass is 9.99. The minimum atomic E-state index is -0.986. The Morgan fingerprint density at radius 3 is 2.90 bits per heavy atom. The molecular weight excluding hydrogens is 296 g/mol. The number of aromatic nitrogens is 1. The Morgan fingerprint density at radius 2 is 2.25 bits per heavy atom. The van der Waals surface area contributed by atoms with Gasteiger partial charge in [-0.05, 0) is 30.4 Å². The van der Waals surface area contributed by atoms with Crippen LogP contribution in [0.5, 0.6) is 0 Å². The van der Waals surface area contributed by atoms with Crippen LogP contribution in [0.15, 0.2) is 17.0 Å². The highest BCUT2D eigenvalue weighted by molar-refractivity contribution is 7.12. The first-order valence-electron chi connectivity index (χ1n) is 6.09. The van der Waals surface area contributed by atoms with Crippen molar-refractivity contribution < 1.29 is 14.7 Å². The van der Waals surface area contributed by atoms with E-state index in [4.69, 9.17) is 0 Å². The van der Waals surface area contributed by atoms with Crippen LogP contribution in [0, 0.1) is 6.92 Å². The molecule has 104 valence electrons. The summed E-state index contributed by atoms with van der Waals surface area (Å²) in [4.78, 5) is 31.2. The van der Waals surface area contributed by atoms with Crippen LogP contribution >= 0.6 is 22.7 Å². The number of fused-ring (bicyclic) bond motifs is 1. The van der Waals surface area contributed by atoms with Crippen molar-refractivity contribution in [1.82, 2.24) is 9.88 Å². The number of thiazole rings is 1. The fourth-order valence-corrected chi connectivity index (χ4v) is 4.10. The van der Waals surface area contributed by atoms with E-state index in [1.54, 1.807) is 29.8 Å². The normalized spacial score (nSPS) is 17.9. The van der Waals surface area contributed by atoms with Crippen molar-refractivity contribution >= 4 is 34.6 Å². The first-order chi connectivity index (χ1) is 9.59. The van der Waals surface area contributed by atoms with Crippen molar-refractivity contribution in [2.75, 3.05) is 6.54 Å². The molecule has 1 aliphatic heterocycles. The fraction of sp³-hybridized carbons (Fsp3) is 0.308. The largest absolute Gasteiger partial charge is 0.479 e. The molecule has 7 heteroatoms. The summed E-state index contributed by atoms with van der Waals surface area (Å²) in [5.41, 5.74) is 3.00. The smallest absolute Gasteiger partial charge is 0.331 e. The zero-order valence-corrected chi connectivity index (χ0v) is 12.3. The maximum Gasteiger partial charge on any atom is 0.331 e. The molecule has 1 aliphatic rings. The first-order valence-corrected chi connectivity index (χ1v) is 7.85. The van der Waals surface area contributed by atoms with E-state index in [1.165, 1.54) is 16.2 Å². The van der Waals surface area contributed by atoms with Gasteiger partial charge in [-0.15, -0.1) is 22.7 Å². The molecule has 0 fully saturated rings. The highest BCUT2D eigenvalue weighted by Gasteiger charge is 2.37. The lowest BCUT2D eigenvalue weighted by Crippen LogP contribution is -2.43. The Hall–Kier alpha value is -1.73. The molecule has 2 aromatic rings. The third kappa shape index (κ3) is 2.03. The molecule has 5 nitrogen and oxygen atoms in total. The standard InChI is InChI=1S/C13H12N2O3S2/c1-7-11(20-6-14-7)12(16)15-4-2-9-8(3-5-19-9)10(15)13(17)18/h3,5-6,10H,2,4H2,1H3,(H,17,18). The summed E-state index contributed by atoms with van der Waals surface area (Å²) in [5.74, 6) is -1.23. The van der Waals surface area contributed by atoms with Crippen molar-refractivity contribution in [2.45, 2.75) is 19.4 Å². The Morgan fingerprint density at radius 1 is 1.45 bits per heavy atom. The van der Waals surface area contributed by atoms with E-state index in [1.807, 2.05) is 5.38 Å². The molecule has 3 rings (SSSR count). The maximum atomic E-state index is 12.6. The Balaban J connectivity index is 2.00.